The largest absolute Gasteiger partial charge is 0.469 e. The number of allylic oxidation sites excluding steroid dienone is 2. The molecule has 0 aliphatic heterocycles. The van der Waals surface area contributed by atoms with E-state index >= 15 is 0 Å². The number of hydrogen-bond donors (Lipinski definition) is 1. The lowest BCUT2D eigenvalue weighted by Crippen LogP contribution is -2.25. The minimum Gasteiger partial charge on any atom is -0.469 e. The van der Waals surface area contributed by atoms with Crippen LogP contribution in [-0.2, 0) is 19.6 Å². The van der Waals surface area contributed by atoms with Crippen LogP contribution in [0.25, 0.3) is 0 Å². The van der Waals surface area contributed by atoms with Crippen molar-refractivity contribution in [2.45, 2.75) is 89.2 Å². The van der Waals surface area contributed by atoms with Crippen LogP contribution in [0.2, 0.25) is 19.6 Å². The van der Waals surface area contributed by atoms with Crippen molar-refractivity contribution in [3.05, 3.63) is 53.3 Å². The highest BCUT2D eigenvalue weighted by atomic mass is 32.2. The highest BCUT2D eigenvalue weighted by molar-refractivity contribution is 7.89. The molecule has 0 heterocycles. The third-order valence-electron chi connectivity index (χ3n) is 5.23. The molecular formula is C26H43NO4SSi. The van der Waals surface area contributed by atoms with Gasteiger partial charge >= 0.3 is 5.97 Å². The normalized spacial score (nSPS) is 12.9. The summed E-state index contributed by atoms with van der Waals surface area (Å²) in [5, 5.41) is 0. The molecule has 0 aliphatic carbocycles. The van der Waals surface area contributed by atoms with Crippen molar-refractivity contribution in [2.24, 2.45) is 0 Å². The third-order valence-corrected chi connectivity index (χ3v) is 7.98. The van der Waals surface area contributed by atoms with Gasteiger partial charge in [0.05, 0.1) is 20.1 Å². The lowest BCUT2D eigenvalue weighted by atomic mass is 10.1. The smallest absolute Gasteiger partial charge is 0.305 e. The first-order chi connectivity index (χ1) is 15.5. The summed E-state index contributed by atoms with van der Waals surface area (Å²) in [5.74, 6) is -0.122. The molecule has 186 valence electrons. The van der Waals surface area contributed by atoms with Crippen molar-refractivity contribution in [1.82, 2.24) is 4.72 Å². The van der Waals surface area contributed by atoms with E-state index in [0.29, 0.717) is 17.9 Å². The highest BCUT2D eigenvalue weighted by Crippen LogP contribution is 2.16. The van der Waals surface area contributed by atoms with E-state index in [1.807, 2.05) is 19.1 Å². The Morgan fingerprint density at radius 1 is 0.970 bits per heavy atom. The Labute approximate surface area is 202 Å². The molecule has 0 unspecified atom stereocenters. The number of nitrogens with one attached hydrogen (secondary N) is 1. The van der Waals surface area contributed by atoms with Gasteiger partial charge in [-0.3, -0.25) is 4.79 Å². The number of aryl methyl sites for hydroxylation is 1. The second kappa shape index (κ2) is 15.2. The number of benzene rings is 1. The van der Waals surface area contributed by atoms with Gasteiger partial charge in [-0.05, 0) is 51.2 Å². The molecule has 0 radical (unpaired) electrons. The van der Waals surface area contributed by atoms with Gasteiger partial charge in [-0.1, -0.05) is 80.0 Å². The van der Waals surface area contributed by atoms with E-state index in [9.17, 15) is 13.2 Å². The summed E-state index contributed by atoms with van der Waals surface area (Å²) in [6, 6.07) is 6.94. The molecule has 33 heavy (non-hydrogen) atoms. The van der Waals surface area contributed by atoms with Gasteiger partial charge in [0.2, 0.25) is 10.0 Å². The second-order valence-electron chi connectivity index (χ2n) is 9.69. The molecule has 1 aromatic rings. The predicted molar refractivity (Wildman–Crippen MR) is 141 cm³/mol. The summed E-state index contributed by atoms with van der Waals surface area (Å²) in [4.78, 5) is 11.4. The molecule has 0 amide bonds. The molecule has 0 saturated carbocycles. The van der Waals surface area contributed by atoms with Gasteiger partial charge in [-0.15, -0.1) is 0 Å². The van der Waals surface area contributed by atoms with Gasteiger partial charge in [0.15, 0.2) is 0 Å². The topological polar surface area (TPSA) is 72.5 Å². The van der Waals surface area contributed by atoms with E-state index in [4.69, 9.17) is 0 Å². The van der Waals surface area contributed by atoms with E-state index in [1.165, 1.54) is 19.1 Å². The van der Waals surface area contributed by atoms with Crippen LogP contribution in [-0.4, -0.2) is 36.1 Å². The number of hydrogen-bond acceptors (Lipinski definition) is 4. The van der Waals surface area contributed by atoms with Crippen LogP contribution in [0.5, 0.6) is 0 Å². The van der Waals surface area contributed by atoms with Gasteiger partial charge in [-0.25, -0.2) is 13.1 Å². The number of esters is 1. The number of sulfonamides is 1. The van der Waals surface area contributed by atoms with Crippen molar-refractivity contribution in [1.29, 1.82) is 0 Å². The Hall–Kier alpha value is -1.70. The molecule has 1 N–H and O–H groups in total. The molecule has 1 rings (SSSR count). The highest BCUT2D eigenvalue weighted by Gasteiger charge is 2.14. The Bertz CT molecular complexity index is 869. The number of rotatable bonds is 16. The van der Waals surface area contributed by atoms with E-state index < -0.39 is 18.1 Å². The SMILES string of the molecule is COC(=O)CCCCCCC/C=C/C/C(=C/[Si](C)(C)C)CCNS(=O)(=O)c1ccc(C)cc1. The molecule has 1 aromatic carbocycles. The zero-order valence-corrected chi connectivity index (χ0v) is 23.0. The summed E-state index contributed by atoms with van der Waals surface area (Å²) in [6.07, 6.45) is 13.1. The summed E-state index contributed by atoms with van der Waals surface area (Å²) < 4.78 is 32.5. The number of carbonyl (C=O) groups excluding carboxylic acids is 1. The van der Waals surface area contributed by atoms with Crippen molar-refractivity contribution in [3.63, 3.8) is 0 Å². The maximum Gasteiger partial charge on any atom is 0.305 e. The van der Waals surface area contributed by atoms with Gasteiger partial charge < -0.3 is 4.74 Å². The van der Waals surface area contributed by atoms with Crippen molar-refractivity contribution < 1.29 is 17.9 Å². The summed E-state index contributed by atoms with van der Waals surface area (Å²) in [6.45, 7) is 9.25. The Morgan fingerprint density at radius 3 is 2.24 bits per heavy atom. The van der Waals surface area contributed by atoms with Gasteiger partial charge in [-0.2, -0.15) is 0 Å². The second-order valence-corrected chi connectivity index (χ2v) is 16.5. The fourth-order valence-electron chi connectivity index (χ4n) is 3.51. The first-order valence-corrected chi connectivity index (χ1v) is 17.1. The maximum atomic E-state index is 12.5. The number of carbonyl (C=O) groups is 1. The Balaban J connectivity index is 2.41. The Kier molecular flexibility index (Phi) is 13.6. The van der Waals surface area contributed by atoms with Crippen LogP contribution in [0.4, 0.5) is 0 Å². The first kappa shape index (κ1) is 29.3. The molecule has 0 aliphatic rings. The van der Waals surface area contributed by atoms with Gasteiger partial charge in [0, 0.05) is 13.0 Å². The van der Waals surface area contributed by atoms with Crippen LogP contribution in [0.15, 0.2) is 52.6 Å². The molecule has 0 atom stereocenters. The molecule has 0 bridgehead atoms. The van der Waals surface area contributed by atoms with Crippen LogP contribution in [0, 0.1) is 6.92 Å². The lowest BCUT2D eigenvalue weighted by molar-refractivity contribution is -0.140. The predicted octanol–water partition coefficient (Wildman–Crippen LogP) is 6.32. The number of methoxy groups -OCH3 is 1. The van der Waals surface area contributed by atoms with E-state index in [2.05, 4.69) is 47.0 Å². The fourth-order valence-corrected chi connectivity index (χ4v) is 6.03. The van der Waals surface area contributed by atoms with Gasteiger partial charge in [0.1, 0.15) is 0 Å². The summed E-state index contributed by atoms with van der Waals surface area (Å²) in [7, 11) is -3.44. The summed E-state index contributed by atoms with van der Waals surface area (Å²) >= 11 is 0. The van der Waals surface area contributed by atoms with Crippen LogP contribution < -0.4 is 4.72 Å². The van der Waals surface area contributed by atoms with Crippen LogP contribution in [0.1, 0.15) is 63.4 Å². The first-order valence-electron chi connectivity index (χ1n) is 12.0. The van der Waals surface area contributed by atoms with Gasteiger partial charge in [0.25, 0.3) is 0 Å². The number of unbranched alkanes of at least 4 members (excludes halogenated alkanes) is 5. The lowest BCUT2D eigenvalue weighted by Gasteiger charge is -2.14. The van der Waals surface area contributed by atoms with Crippen molar-refractivity contribution in [2.75, 3.05) is 13.7 Å². The third kappa shape index (κ3) is 14.2. The fraction of sp³-hybridized carbons (Fsp3) is 0.577. The van der Waals surface area contributed by atoms with Crippen molar-refractivity contribution >= 4 is 24.1 Å². The zero-order valence-electron chi connectivity index (χ0n) is 21.2. The molecule has 0 saturated heterocycles. The molecular weight excluding hydrogens is 450 g/mol. The molecule has 0 spiro atoms. The molecule has 0 aromatic heterocycles. The molecule has 7 heteroatoms. The molecule has 5 nitrogen and oxygen atoms in total. The molecule has 0 fully saturated rings. The average molecular weight is 494 g/mol. The van der Waals surface area contributed by atoms with Crippen LogP contribution >= 0.6 is 0 Å². The quantitative estimate of drug-likeness (QED) is 0.127. The summed E-state index contributed by atoms with van der Waals surface area (Å²) in [5.41, 5.74) is 4.73. The van der Waals surface area contributed by atoms with E-state index in [1.54, 1.807) is 12.1 Å². The standard InChI is InChI=1S/C26H43NO4SSi/c1-23-16-18-25(19-17-23)32(29,30)27-21-20-24(22-33(3,4)5)14-12-10-8-6-7-9-11-13-15-26(28)31-2/h10,12,16-19,22,27H,6-9,11,13-15,20-21H2,1-5H3/b12-10+,24-22-. The number of ether oxygens (including phenoxy) is 1. The monoisotopic (exact) mass is 493 g/mol. The van der Waals surface area contributed by atoms with E-state index in [0.717, 1.165) is 50.5 Å². The maximum absolute atomic E-state index is 12.5. The van der Waals surface area contributed by atoms with Crippen molar-refractivity contribution in [3.8, 4) is 0 Å². The minimum atomic E-state index is -3.47. The average Bonchev–Trinajstić information content (AvgIpc) is 2.73. The van der Waals surface area contributed by atoms with Crippen LogP contribution in [0.3, 0.4) is 0 Å². The van der Waals surface area contributed by atoms with E-state index in [-0.39, 0.29) is 5.97 Å². The Morgan fingerprint density at radius 2 is 1.61 bits per heavy atom. The zero-order chi connectivity index (χ0) is 24.7. The minimum absolute atomic E-state index is 0.122.